The van der Waals surface area contributed by atoms with Crippen molar-refractivity contribution in [1.82, 2.24) is 4.90 Å². The Morgan fingerprint density at radius 2 is 2.04 bits per heavy atom. The minimum absolute atomic E-state index is 0.166. The van der Waals surface area contributed by atoms with Crippen molar-refractivity contribution in [3.8, 4) is 0 Å². The van der Waals surface area contributed by atoms with Crippen LogP contribution in [0.2, 0.25) is 0 Å². The topological polar surface area (TPSA) is 50.8 Å². The summed E-state index contributed by atoms with van der Waals surface area (Å²) < 4.78 is 5.67. The van der Waals surface area contributed by atoms with Gasteiger partial charge < -0.3 is 15.4 Å². The molecule has 0 saturated heterocycles. The average molecular weight is 370 g/mol. The van der Waals surface area contributed by atoms with Crippen molar-refractivity contribution in [2.45, 2.75) is 76.4 Å². The molecule has 1 unspecified atom stereocenters. The third-order valence-electron chi connectivity index (χ3n) is 7.48. The van der Waals surface area contributed by atoms with E-state index >= 15 is 0 Å². The molecule has 2 N–H and O–H groups in total. The fourth-order valence-corrected chi connectivity index (χ4v) is 5.84. The average Bonchev–Trinajstić information content (AvgIpc) is 3.11. The van der Waals surface area contributed by atoms with E-state index in [1.165, 1.54) is 55.2 Å². The van der Waals surface area contributed by atoms with Crippen molar-refractivity contribution in [1.29, 1.82) is 0 Å². The Hall–Kier alpha value is -1.55. The summed E-state index contributed by atoms with van der Waals surface area (Å²) >= 11 is 0. The van der Waals surface area contributed by atoms with E-state index in [4.69, 9.17) is 15.5 Å². The van der Waals surface area contributed by atoms with Crippen molar-refractivity contribution in [2.75, 3.05) is 20.7 Å². The zero-order valence-corrected chi connectivity index (χ0v) is 17.3. The third kappa shape index (κ3) is 2.97. The van der Waals surface area contributed by atoms with E-state index in [9.17, 15) is 0 Å². The summed E-state index contributed by atoms with van der Waals surface area (Å²) in [5.74, 6) is 0.701. The number of fused-ring (bicyclic) bond motifs is 3. The Morgan fingerprint density at radius 1 is 1.26 bits per heavy atom. The van der Waals surface area contributed by atoms with Gasteiger partial charge in [0, 0.05) is 19.6 Å². The Balaban J connectivity index is 1.71. The maximum absolute atomic E-state index is 6.32. The van der Waals surface area contributed by atoms with E-state index in [-0.39, 0.29) is 11.0 Å². The number of aliphatic imine (C=N–C) groups is 1. The number of hydrogen-bond acceptors (Lipinski definition) is 4. The van der Waals surface area contributed by atoms with Crippen LogP contribution in [0.1, 0.15) is 68.6 Å². The van der Waals surface area contributed by atoms with Crippen LogP contribution in [0.25, 0.3) is 0 Å². The molecule has 1 fully saturated rings. The highest BCUT2D eigenvalue weighted by atomic mass is 16.5. The number of methoxy groups -OCH3 is 1. The van der Waals surface area contributed by atoms with Gasteiger partial charge in [0.2, 0.25) is 0 Å². The van der Waals surface area contributed by atoms with Gasteiger partial charge in [0.15, 0.2) is 5.96 Å². The van der Waals surface area contributed by atoms with E-state index in [1.807, 2.05) is 7.11 Å². The first-order valence-corrected chi connectivity index (χ1v) is 10.7. The molecule has 27 heavy (non-hydrogen) atoms. The van der Waals surface area contributed by atoms with Crippen LogP contribution in [0, 0.1) is 5.41 Å². The number of rotatable bonds is 5. The highest BCUT2D eigenvalue weighted by molar-refractivity contribution is 5.81. The molecule has 1 atom stereocenters. The summed E-state index contributed by atoms with van der Waals surface area (Å²) in [5.41, 5.74) is 10.8. The summed E-state index contributed by atoms with van der Waals surface area (Å²) in [6, 6.07) is 7.21. The molecule has 148 valence electrons. The van der Waals surface area contributed by atoms with Gasteiger partial charge in [0.05, 0.1) is 12.6 Å². The van der Waals surface area contributed by atoms with Gasteiger partial charge in [-0.3, -0.25) is 0 Å². The zero-order chi connectivity index (χ0) is 19.1. The normalized spacial score (nSPS) is 32.3. The maximum Gasteiger partial charge on any atom is 0.192 e. The summed E-state index contributed by atoms with van der Waals surface area (Å²) in [6.07, 6.45) is 11.2. The number of likely N-dealkylation sites (N-methyl/N-ethyl adjacent to an activating group) is 1. The van der Waals surface area contributed by atoms with Crippen molar-refractivity contribution < 1.29 is 4.74 Å². The monoisotopic (exact) mass is 369 g/mol. The van der Waals surface area contributed by atoms with Gasteiger partial charge in [-0.05, 0) is 61.6 Å². The molecule has 1 aromatic carbocycles. The van der Waals surface area contributed by atoms with Crippen molar-refractivity contribution in [3.63, 3.8) is 0 Å². The van der Waals surface area contributed by atoms with Crippen LogP contribution in [-0.2, 0) is 23.1 Å². The summed E-state index contributed by atoms with van der Waals surface area (Å²) in [7, 11) is 3.94. The van der Waals surface area contributed by atoms with Crippen LogP contribution in [0.4, 0.5) is 0 Å². The lowest BCUT2D eigenvalue weighted by molar-refractivity contribution is -0.00333. The van der Waals surface area contributed by atoms with Crippen LogP contribution >= 0.6 is 0 Å². The first kappa shape index (κ1) is 18.8. The second-order valence-corrected chi connectivity index (χ2v) is 9.03. The Kier molecular flexibility index (Phi) is 4.96. The molecule has 2 aliphatic carbocycles. The molecule has 1 aromatic rings. The molecule has 4 nitrogen and oxygen atoms in total. The summed E-state index contributed by atoms with van der Waals surface area (Å²) in [4.78, 5) is 7.34. The Morgan fingerprint density at radius 3 is 2.67 bits per heavy atom. The maximum atomic E-state index is 6.32. The van der Waals surface area contributed by atoms with Crippen molar-refractivity contribution in [2.24, 2.45) is 16.1 Å². The quantitative estimate of drug-likeness (QED) is 0.798. The molecule has 1 aliphatic heterocycles. The zero-order valence-electron chi connectivity index (χ0n) is 17.3. The number of nitrogens with zero attached hydrogens (tertiary/aromatic N) is 2. The number of ether oxygens (including phenoxy) is 1. The first-order chi connectivity index (χ1) is 13.0. The second-order valence-electron chi connectivity index (χ2n) is 9.03. The molecule has 0 aromatic heterocycles. The van der Waals surface area contributed by atoms with Crippen LogP contribution in [0.15, 0.2) is 23.2 Å². The number of aryl methyl sites for hydroxylation is 1. The lowest BCUT2D eigenvalue weighted by Crippen LogP contribution is -2.47. The van der Waals surface area contributed by atoms with Gasteiger partial charge in [-0.1, -0.05) is 38.0 Å². The van der Waals surface area contributed by atoms with Crippen LogP contribution in [0.3, 0.4) is 0 Å². The lowest BCUT2D eigenvalue weighted by atomic mass is 9.61. The van der Waals surface area contributed by atoms with Crippen molar-refractivity contribution in [3.05, 3.63) is 34.9 Å². The third-order valence-corrected chi connectivity index (χ3v) is 7.48. The van der Waals surface area contributed by atoms with Gasteiger partial charge in [0.1, 0.15) is 5.54 Å². The Bertz CT molecular complexity index is 720. The summed E-state index contributed by atoms with van der Waals surface area (Å²) in [6.45, 7) is 3.19. The van der Waals surface area contributed by atoms with Gasteiger partial charge >= 0.3 is 0 Å². The molecule has 0 amide bonds. The molecule has 1 heterocycles. The van der Waals surface area contributed by atoms with Crippen LogP contribution < -0.4 is 5.73 Å². The number of nitrogens with two attached hydrogens (primary N) is 1. The molecular formula is C23H35N3O. The number of guanidine groups is 1. The fraction of sp³-hybridized carbons (Fsp3) is 0.696. The number of hydrogen-bond donors (Lipinski definition) is 1. The molecule has 0 bridgehead atoms. The molecular weight excluding hydrogens is 334 g/mol. The molecule has 1 saturated carbocycles. The van der Waals surface area contributed by atoms with Gasteiger partial charge in [-0.25, -0.2) is 4.99 Å². The van der Waals surface area contributed by atoms with Gasteiger partial charge in [0.25, 0.3) is 0 Å². The first-order valence-electron chi connectivity index (χ1n) is 10.7. The number of benzene rings is 1. The van der Waals surface area contributed by atoms with E-state index < -0.39 is 0 Å². The smallest absolute Gasteiger partial charge is 0.192 e. The molecule has 2 spiro atoms. The highest BCUT2D eigenvalue weighted by Crippen LogP contribution is 2.61. The molecule has 4 rings (SSSR count). The summed E-state index contributed by atoms with van der Waals surface area (Å²) in [5, 5.41) is 0. The van der Waals surface area contributed by atoms with E-state index in [0.29, 0.717) is 12.1 Å². The molecule has 4 heteroatoms. The predicted octanol–water partition coefficient (Wildman–Crippen LogP) is 4.01. The number of unbranched alkanes of at least 4 members (excludes halogenated alkanes) is 2. The minimum atomic E-state index is -0.166. The SMILES string of the molecule is CCCCCc1ccc2c(c1)C1(CN(C)C(N)=N1)[C@]1(CC[C@H](OC)CC1)C2. The Labute approximate surface area is 164 Å². The highest BCUT2D eigenvalue weighted by Gasteiger charge is 2.61. The lowest BCUT2D eigenvalue weighted by Gasteiger charge is -2.46. The van der Waals surface area contributed by atoms with E-state index in [2.05, 4.69) is 37.1 Å². The predicted molar refractivity (Wildman–Crippen MR) is 111 cm³/mol. The van der Waals surface area contributed by atoms with Gasteiger partial charge in [-0.2, -0.15) is 0 Å². The van der Waals surface area contributed by atoms with Crippen molar-refractivity contribution >= 4 is 5.96 Å². The second kappa shape index (κ2) is 7.12. The van der Waals surface area contributed by atoms with E-state index in [1.54, 1.807) is 0 Å². The van der Waals surface area contributed by atoms with Crippen LogP contribution in [-0.4, -0.2) is 37.7 Å². The van der Waals surface area contributed by atoms with E-state index in [0.717, 1.165) is 25.8 Å². The molecule has 3 aliphatic rings. The fourth-order valence-electron chi connectivity index (χ4n) is 5.84. The minimum Gasteiger partial charge on any atom is -0.381 e. The van der Waals surface area contributed by atoms with Crippen LogP contribution in [0.5, 0.6) is 0 Å². The molecule has 0 radical (unpaired) electrons. The standard InChI is InChI=1S/C23H35N3O/c1-4-5-6-7-17-8-9-18-15-22(12-10-19(27-3)11-13-22)23(20(18)14-17)16-26(2)21(24)25-23/h8-9,14,19H,4-7,10-13,15-16H2,1-3H3,(H2,24,25)/t19-,22-,23?. The largest absolute Gasteiger partial charge is 0.381 e. The van der Waals surface area contributed by atoms with Gasteiger partial charge in [-0.15, -0.1) is 0 Å².